The molecule has 0 saturated carbocycles. The van der Waals surface area contributed by atoms with Crippen molar-refractivity contribution in [2.75, 3.05) is 47.9 Å². The summed E-state index contributed by atoms with van der Waals surface area (Å²) in [4.78, 5) is 44.7. The average molecular weight is 734 g/mol. The van der Waals surface area contributed by atoms with E-state index in [2.05, 4.69) is 5.32 Å². The molecule has 0 aromatic heterocycles. The van der Waals surface area contributed by atoms with Crippen molar-refractivity contribution in [3.8, 4) is 0 Å². The molecule has 2 fully saturated rings. The first-order valence-corrected chi connectivity index (χ1v) is 18.3. The Balaban J connectivity index is 2.74. The van der Waals surface area contributed by atoms with Crippen molar-refractivity contribution >= 4 is 17.8 Å². The van der Waals surface area contributed by atoms with Crippen molar-refractivity contribution in [3.05, 3.63) is 0 Å². The number of hydrogen-bond donors (Lipinski definition) is 5. The predicted octanol–water partition coefficient (Wildman–Crippen LogP) is 0.679. The third-order valence-electron chi connectivity index (χ3n) is 10.8. The second-order valence-corrected chi connectivity index (χ2v) is 15.4. The van der Waals surface area contributed by atoms with Gasteiger partial charge in [0, 0.05) is 38.1 Å². The van der Waals surface area contributed by atoms with Crippen molar-refractivity contribution in [2.45, 2.75) is 147 Å². The first-order valence-electron chi connectivity index (χ1n) is 18.3. The van der Waals surface area contributed by atoms with E-state index in [0.29, 0.717) is 13.0 Å². The van der Waals surface area contributed by atoms with Crippen molar-refractivity contribution in [3.63, 3.8) is 0 Å². The van der Waals surface area contributed by atoms with E-state index in [0.717, 1.165) is 0 Å². The lowest BCUT2D eigenvalue weighted by molar-refractivity contribution is -0.301. The van der Waals surface area contributed by atoms with Crippen LogP contribution in [0.4, 0.5) is 0 Å². The molecule has 15 heteroatoms. The summed E-state index contributed by atoms with van der Waals surface area (Å²) in [5, 5.41) is 46.3. The molecule has 15 nitrogen and oxygen atoms in total. The van der Waals surface area contributed by atoms with E-state index in [-0.39, 0.29) is 44.6 Å². The van der Waals surface area contributed by atoms with Crippen LogP contribution in [0.5, 0.6) is 0 Å². The summed E-state index contributed by atoms with van der Waals surface area (Å²) < 4.78 is 31.0. The minimum atomic E-state index is -1.96. The number of carbonyl (C=O) groups excluding carboxylic acids is 3. The number of methoxy groups -OCH3 is 1. The molecule has 0 radical (unpaired) electrons. The maximum atomic E-state index is 14.0. The van der Waals surface area contributed by atoms with E-state index in [4.69, 9.17) is 23.7 Å². The quantitative estimate of drug-likeness (QED) is 0.186. The number of esters is 2. The highest BCUT2D eigenvalue weighted by Gasteiger charge is 2.52. The second-order valence-electron chi connectivity index (χ2n) is 15.4. The summed E-state index contributed by atoms with van der Waals surface area (Å²) >= 11 is 0. The molecular formula is C36H67N3O12. The molecule has 0 bridgehead atoms. The minimum Gasteiger partial charge on any atom is -0.461 e. The Morgan fingerprint density at radius 1 is 1.06 bits per heavy atom. The van der Waals surface area contributed by atoms with Gasteiger partial charge in [0.05, 0.1) is 42.8 Å². The van der Waals surface area contributed by atoms with Crippen LogP contribution in [0.3, 0.4) is 0 Å². The molecule has 51 heavy (non-hydrogen) atoms. The average Bonchev–Trinajstić information content (AvgIpc) is 3.06. The highest BCUT2D eigenvalue weighted by Crippen LogP contribution is 2.39. The number of aliphatic hydroxyl groups excluding tert-OH is 3. The largest absolute Gasteiger partial charge is 0.461 e. The zero-order valence-corrected chi connectivity index (χ0v) is 32.8. The molecule has 5 N–H and O–H groups in total. The van der Waals surface area contributed by atoms with Crippen LogP contribution in [0.2, 0.25) is 0 Å². The fourth-order valence-corrected chi connectivity index (χ4v) is 7.39. The molecule has 0 aliphatic carbocycles. The molecule has 14 atom stereocenters. The topological polar surface area (TPSA) is 197 Å². The third-order valence-corrected chi connectivity index (χ3v) is 10.8. The van der Waals surface area contributed by atoms with Crippen LogP contribution in [0.15, 0.2) is 0 Å². The molecule has 1 amide bonds. The van der Waals surface area contributed by atoms with Crippen molar-refractivity contribution in [1.29, 1.82) is 0 Å². The van der Waals surface area contributed by atoms with Crippen molar-refractivity contribution in [2.24, 2.45) is 17.8 Å². The first-order chi connectivity index (χ1) is 23.6. The van der Waals surface area contributed by atoms with Gasteiger partial charge in [0.25, 0.3) is 0 Å². The Labute approximate surface area is 304 Å². The smallest absolute Gasteiger partial charge is 0.312 e. The van der Waals surface area contributed by atoms with Gasteiger partial charge in [-0.3, -0.25) is 14.4 Å². The third kappa shape index (κ3) is 11.5. The first kappa shape index (κ1) is 45.2. The van der Waals surface area contributed by atoms with Gasteiger partial charge in [0.1, 0.15) is 30.0 Å². The number of hydrogen-bond acceptors (Lipinski definition) is 14. The molecule has 2 aliphatic rings. The molecule has 298 valence electrons. The molecular weight excluding hydrogens is 666 g/mol. The van der Waals surface area contributed by atoms with Crippen molar-refractivity contribution in [1.82, 2.24) is 15.1 Å². The standard InChI is InChI=1S/C36H67N3O12/c1-13-26-36(8,46)30(43)24(6)37-32(44)20(2)19-35(7,47-12)31(51-34-28(42)25(38(9)10)18-21(3)48-34)22(4)29(23(5)33(45)49-26)50-27(41)14-15-39(11)16-17-40/h20-26,28-31,34,40,42-43,46H,13-19H2,1-12H3,(H,37,44)/t20-,21-,22+,23-,24-,25+,26-,28-,29+,30-,31-,34+,35-,36-/m1/s1. The molecule has 0 unspecified atom stereocenters. The lowest BCUT2D eigenvalue weighted by Crippen LogP contribution is -2.60. The summed E-state index contributed by atoms with van der Waals surface area (Å²) in [7, 11) is 6.94. The van der Waals surface area contributed by atoms with Gasteiger partial charge in [-0.15, -0.1) is 0 Å². The lowest BCUT2D eigenvalue weighted by Gasteiger charge is -2.48. The van der Waals surface area contributed by atoms with Crippen LogP contribution in [0.25, 0.3) is 0 Å². The van der Waals surface area contributed by atoms with E-state index in [1.807, 2.05) is 25.9 Å². The second kappa shape index (κ2) is 19.4. The summed E-state index contributed by atoms with van der Waals surface area (Å²) in [5.74, 6) is -4.48. The van der Waals surface area contributed by atoms with Crippen LogP contribution in [0, 0.1) is 17.8 Å². The van der Waals surface area contributed by atoms with Gasteiger partial charge >= 0.3 is 11.9 Å². The molecule has 2 saturated heterocycles. The normalized spacial score (nSPS) is 40.7. The monoisotopic (exact) mass is 733 g/mol. The number of carbonyl (C=O) groups is 3. The number of rotatable bonds is 11. The fourth-order valence-electron chi connectivity index (χ4n) is 7.39. The van der Waals surface area contributed by atoms with E-state index >= 15 is 0 Å². The zero-order valence-electron chi connectivity index (χ0n) is 32.8. The molecule has 2 rings (SSSR count). The van der Waals surface area contributed by atoms with Crippen LogP contribution in [-0.2, 0) is 38.1 Å². The number of aliphatic hydroxyl groups is 4. The van der Waals surface area contributed by atoms with Gasteiger partial charge in [0.2, 0.25) is 5.91 Å². The highest BCUT2D eigenvalue weighted by atomic mass is 16.7. The predicted molar refractivity (Wildman–Crippen MR) is 188 cm³/mol. The number of amides is 1. The molecule has 0 aromatic rings. The maximum Gasteiger partial charge on any atom is 0.312 e. The van der Waals surface area contributed by atoms with Crippen LogP contribution in [-0.4, -0.2) is 162 Å². The SMILES string of the molecule is CC[C@H]1OC(=O)[C@H](C)[C@@H](OC(=O)CCN(C)CCO)[C@H](C)[C@@H](O[C@@H]2O[C@H](C)C[C@H](N(C)C)[C@H]2O)[C@](C)(OC)C[C@@H](C)C(=O)N[C@H](C)[C@@H](O)[C@]1(C)O. The Hall–Kier alpha value is -1.95. The minimum absolute atomic E-state index is 0.0470. The van der Waals surface area contributed by atoms with Crippen LogP contribution >= 0.6 is 0 Å². The van der Waals surface area contributed by atoms with Gasteiger partial charge in [0.15, 0.2) is 6.29 Å². The van der Waals surface area contributed by atoms with Gasteiger partial charge < -0.3 is 59.2 Å². The van der Waals surface area contributed by atoms with Crippen LogP contribution in [0.1, 0.15) is 81.1 Å². The molecule has 0 aromatic carbocycles. The fraction of sp³-hybridized carbons (Fsp3) is 0.917. The molecule has 0 spiro atoms. The lowest BCUT2D eigenvalue weighted by atomic mass is 9.77. The Morgan fingerprint density at radius 3 is 2.24 bits per heavy atom. The Kier molecular flexibility index (Phi) is 17.2. The van der Waals surface area contributed by atoms with E-state index < -0.39 is 89.7 Å². The maximum absolute atomic E-state index is 14.0. The van der Waals surface area contributed by atoms with Crippen LogP contribution < -0.4 is 5.32 Å². The van der Waals surface area contributed by atoms with Gasteiger partial charge in [-0.25, -0.2) is 0 Å². The van der Waals surface area contributed by atoms with Gasteiger partial charge in [-0.1, -0.05) is 20.8 Å². The summed E-state index contributed by atoms with van der Waals surface area (Å²) in [6, 6.07) is -1.24. The molecule has 2 aliphatic heterocycles. The number of nitrogens with one attached hydrogen (secondary N) is 1. The molecule has 2 heterocycles. The van der Waals surface area contributed by atoms with Gasteiger partial charge in [-0.2, -0.15) is 0 Å². The van der Waals surface area contributed by atoms with E-state index in [9.17, 15) is 34.8 Å². The summed E-state index contributed by atoms with van der Waals surface area (Å²) in [5.41, 5.74) is -3.25. The van der Waals surface area contributed by atoms with E-state index in [1.165, 1.54) is 14.0 Å². The number of nitrogens with zero attached hydrogens (tertiary/aromatic N) is 2. The van der Waals surface area contributed by atoms with Gasteiger partial charge in [-0.05, 0) is 75.0 Å². The summed E-state index contributed by atoms with van der Waals surface area (Å²) in [6.45, 7) is 13.8. The number of likely N-dealkylation sites (N-methyl/N-ethyl adjacent to an activating group) is 2. The zero-order chi connectivity index (χ0) is 39.0. The van der Waals surface area contributed by atoms with Crippen molar-refractivity contribution < 1.29 is 58.5 Å². The summed E-state index contributed by atoms with van der Waals surface area (Å²) in [6.07, 6.45) is -6.73. The number of cyclic esters (lactones) is 1. The number of ether oxygens (including phenoxy) is 5. The Bertz CT molecular complexity index is 1130. The van der Waals surface area contributed by atoms with E-state index in [1.54, 1.807) is 53.5 Å². The Morgan fingerprint density at radius 2 is 1.69 bits per heavy atom. The highest BCUT2D eigenvalue weighted by molar-refractivity contribution is 5.79.